The molecule has 1 rings (SSSR count). The Labute approximate surface area is 103 Å². The molecule has 0 aromatic carbocycles. The highest BCUT2D eigenvalue weighted by atomic mass is 19.4. The number of amides is 1. The minimum absolute atomic E-state index is 0.0905. The van der Waals surface area contributed by atoms with Crippen molar-refractivity contribution in [2.24, 2.45) is 11.8 Å². The summed E-state index contributed by atoms with van der Waals surface area (Å²) in [6.45, 7) is 2.22. The Morgan fingerprint density at radius 1 is 1.33 bits per heavy atom. The molecule has 18 heavy (non-hydrogen) atoms. The third kappa shape index (κ3) is 3.89. The van der Waals surface area contributed by atoms with Crippen molar-refractivity contribution in [1.82, 2.24) is 4.90 Å². The van der Waals surface area contributed by atoms with E-state index in [-0.39, 0.29) is 12.5 Å². The van der Waals surface area contributed by atoms with E-state index in [0.717, 1.165) is 0 Å². The molecular formula is C11H16F3NO3. The van der Waals surface area contributed by atoms with Gasteiger partial charge >= 0.3 is 12.1 Å². The van der Waals surface area contributed by atoms with E-state index < -0.39 is 36.8 Å². The Balaban J connectivity index is 2.50. The minimum Gasteiger partial charge on any atom is -0.469 e. The molecule has 104 valence electrons. The zero-order valence-electron chi connectivity index (χ0n) is 10.3. The highest BCUT2D eigenvalue weighted by Gasteiger charge is 2.38. The Bertz CT molecular complexity index is 330. The van der Waals surface area contributed by atoms with Crippen LogP contribution in [0.2, 0.25) is 0 Å². The lowest BCUT2D eigenvalue weighted by atomic mass is 9.99. The monoisotopic (exact) mass is 267 g/mol. The molecule has 1 fully saturated rings. The van der Waals surface area contributed by atoms with Crippen LogP contribution in [0.25, 0.3) is 0 Å². The molecule has 0 aromatic heterocycles. The van der Waals surface area contributed by atoms with Crippen LogP contribution < -0.4 is 0 Å². The van der Waals surface area contributed by atoms with Gasteiger partial charge in [0.2, 0.25) is 5.91 Å². The van der Waals surface area contributed by atoms with E-state index in [2.05, 4.69) is 4.74 Å². The highest BCUT2D eigenvalue weighted by molar-refractivity contribution is 5.79. The van der Waals surface area contributed by atoms with E-state index in [4.69, 9.17) is 0 Å². The molecule has 2 atom stereocenters. The third-order valence-electron chi connectivity index (χ3n) is 3.09. The molecule has 0 N–H and O–H groups in total. The molecule has 0 aliphatic carbocycles. The molecule has 0 saturated carbocycles. The minimum atomic E-state index is -4.33. The number of likely N-dealkylation sites (tertiary alicyclic amines) is 1. The number of nitrogens with zero attached hydrogens (tertiary/aromatic N) is 1. The first kappa shape index (κ1) is 14.8. The van der Waals surface area contributed by atoms with E-state index in [1.165, 1.54) is 12.0 Å². The zero-order valence-corrected chi connectivity index (χ0v) is 10.3. The van der Waals surface area contributed by atoms with E-state index in [9.17, 15) is 22.8 Å². The summed E-state index contributed by atoms with van der Waals surface area (Å²) in [6.07, 6.45) is -6.02. The van der Waals surface area contributed by atoms with Gasteiger partial charge in [-0.25, -0.2) is 0 Å². The number of rotatable bonds is 3. The Morgan fingerprint density at radius 3 is 2.44 bits per heavy atom. The molecule has 0 radical (unpaired) electrons. The summed E-state index contributed by atoms with van der Waals surface area (Å²) in [4.78, 5) is 24.2. The van der Waals surface area contributed by atoms with Crippen LogP contribution in [0.15, 0.2) is 0 Å². The Morgan fingerprint density at radius 2 is 1.94 bits per heavy atom. The van der Waals surface area contributed by atoms with Gasteiger partial charge < -0.3 is 9.64 Å². The summed E-state index contributed by atoms with van der Waals surface area (Å²) in [6, 6.07) is 0. The average Bonchev–Trinajstić information content (AvgIpc) is 2.66. The smallest absolute Gasteiger partial charge is 0.389 e. The second-order valence-electron chi connectivity index (χ2n) is 4.52. The fourth-order valence-electron chi connectivity index (χ4n) is 2.04. The van der Waals surface area contributed by atoms with Crippen molar-refractivity contribution < 1.29 is 27.5 Å². The van der Waals surface area contributed by atoms with Crippen molar-refractivity contribution in [2.45, 2.75) is 25.9 Å². The second kappa shape index (κ2) is 5.58. The van der Waals surface area contributed by atoms with Crippen molar-refractivity contribution in [3.63, 3.8) is 0 Å². The topological polar surface area (TPSA) is 46.6 Å². The lowest BCUT2D eigenvalue weighted by Gasteiger charge is -2.16. The van der Waals surface area contributed by atoms with Crippen molar-refractivity contribution in [1.29, 1.82) is 0 Å². The van der Waals surface area contributed by atoms with Gasteiger partial charge in [-0.3, -0.25) is 9.59 Å². The number of esters is 1. The fourth-order valence-corrected chi connectivity index (χ4v) is 2.04. The van der Waals surface area contributed by atoms with Crippen molar-refractivity contribution >= 4 is 11.9 Å². The SMILES string of the molecule is COC(=O)C1CN(C(=O)CCC(F)(F)F)CC1C. The van der Waals surface area contributed by atoms with Crippen LogP contribution in [-0.2, 0) is 14.3 Å². The first-order valence-corrected chi connectivity index (χ1v) is 5.67. The molecule has 0 spiro atoms. The summed E-state index contributed by atoms with van der Waals surface area (Å²) in [5, 5.41) is 0. The zero-order chi connectivity index (χ0) is 13.9. The first-order chi connectivity index (χ1) is 8.24. The Kier molecular flexibility index (Phi) is 4.59. The second-order valence-corrected chi connectivity index (χ2v) is 4.52. The fraction of sp³-hybridized carbons (Fsp3) is 0.818. The van der Waals surface area contributed by atoms with Crippen LogP contribution >= 0.6 is 0 Å². The summed E-state index contributed by atoms with van der Waals surface area (Å²) < 4.78 is 40.6. The maximum atomic E-state index is 12.0. The lowest BCUT2D eigenvalue weighted by molar-refractivity contribution is -0.149. The number of hydrogen-bond acceptors (Lipinski definition) is 3. The molecule has 2 unspecified atom stereocenters. The van der Waals surface area contributed by atoms with Gasteiger partial charge in [0, 0.05) is 19.5 Å². The van der Waals surface area contributed by atoms with E-state index in [0.29, 0.717) is 6.54 Å². The van der Waals surface area contributed by atoms with Crippen LogP contribution in [-0.4, -0.2) is 43.2 Å². The van der Waals surface area contributed by atoms with Crippen LogP contribution in [0, 0.1) is 11.8 Å². The maximum absolute atomic E-state index is 12.0. The molecule has 1 amide bonds. The number of halogens is 3. The predicted molar refractivity (Wildman–Crippen MR) is 56.5 cm³/mol. The van der Waals surface area contributed by atoms with Crippen molar-refractivity contribution in [3.05, 3.63) is 0 Å². The van der Waals surface area contributed by atoms with Crippen molar-refractivity contribution in [3.8, 4) is 0 Å². The van der Waals surface area contributed by atoms with Gasteiger partial charge in [-0.15, -0.1) is 0 Å². The number of hydrogen-bond donors (Lipinski definition) is 0. The summed E-state index contributed by atoms with van der Waals surface area (Å²) in [5.74, 6) is -1.52. The van der Waals surface area contributed by atoms with Gasteiger partial charge in [0.1, 0.15) is 0 Å². The van der Waals surface area contributed by atoms with Crippen molar-refractivity contribution in [2.75, 3.05) is 20.2 Å². The number of carbonyl (C=O) groups excluding carboxylic acids is 2. The van der Waals surface area contributed by atoms with Gasteiger partial charge in [-0.2, -0.15) is 13.2 Å². The average molecular weight is 267 g/mol. The number of ether oxygens (including phenoxy) is 1. The van der Waals surface area contributed by atoms with Gasteiger partial charge in [-0.1, -0.05) is 6.92 Å². The quantitative estimate of drug-likeness (QED) is 0.730. The van der Waals surface area contributed by atoms with Gasteiger partial charge in [0.25, 0.3) is 0 Å². The molecule has 1 aliphatic heterocycles. The number of methoxy groups -OCH3 is 1. The van der Waals surface area contributed by atoms with E-state index in [1.807, 2.05) is 0 Å². The third-order valence-corrected chi connectivity index (χ3v) is 3.09. The predicted octanol–water partition coefficient (Wildman–Crippen LogP) is 1.60. The molecule has 1 saturated heterocycles. The van der Waals surface area contributed by atoms with Gasteiger partial charge in [0.15, 0.2) is 0 Å². The first-order valence-electron chi connectivity index (χ1n) is 5.67. The molecular weight excluding hydrogens is 251 g/mol. The summed E-state index contributed by atoms with van der Waals surface area (Å²) in [7, 11) is 1.25. The highest BCUT2D eigenvalue weighted by Crippen LogP contribution is 2.27. The molecule has 0 aromatic rings. The lowest BCUT2D eigenvalue weighted by Crippen LogP contribution is -2.31. The van der Waals surface area contributed by atoms with Crippen LogP contribution in [0.5, 0.6) is 0 Å². The number of alkyl halides is 3. The van der Waals surface area contributed by atoms with Gasteiger partial charge in [-0.05, 0) is 5.92 Å². The summed E-state index contributed by atoms with van der Waals surface area (Å²) >= 11 is 0. The number of carbonyl (C=O) groups is 2. The molecule has 0 bridgehead atoms. The standard InChI is InChI=1S/C11H16F3NO3/c1-7-5-15(6-8(7)10(17)18-2)9(16)3-4-11(12,13)14/h7-8H,3-6H2,1-2H3. The molecule has 1 heterocycles. The van der Waals surface area contributed by atoms with Crippen LogP contribution in [0.1, 0.15) is 19.8 Å². The van der Waals surface area contributed by atoms with Crippen LogP contribution in [0.4, 0.5) is 13.2 Å². The van der Waals surface area contributed by atoms with E-state index in [1.54, 1.807) is 6.92 Å². The maximum Gasteiger partial charge on any atom is 0.389 e. The molecule has 4 nitrogen and oxygen atoms in total. The Hall–Kier alpha value is -1.27. The van der Waals surface area contributed by atoms with E-state index >= 15 is 0 Å². The normalized spacial score (nSPS) is 24.2. The molecule has 7 heteroatoms. The van der Waals surface area contributed by atoms with Crippen LogP contribution in [0.3, 0.4) is 0 Å². The summed E-state index contributed by atoms with van der Waals surface area (Å²) in [5.41, 5.74) is 0. The largest absolute Gasteiger partial charge is 0.469 e. The molecule has 1 aliphatic rings. The van der Waals surface area contributed by atoms with Gasteiger partial charge in [0.05, 0.1) is 19.4 Å².